The van der Waals surface area contributed by atoms with Gasteiger partial charge in [0.2, 0.25) is 0 Å². The van der Waals surface area contributed by atoms with Gasteiger partial charge in [-0.15, -0.1) is 0 Å². The van der Waals surface area contributed by atoms with Crippen LogP contribution >= 0.6 is 11.8 Å². The van der Waals surface area contributed by atoms with E-state index in [9.17, 15) is 4.39 Å². The minimum absolute atomic E-state index is 0.189. The Morgan fingerprint density at radius 2 is 2.04 bits per heavy atom. The maximum Gasteiger partial charge on any atom is 0.191 e. The van der Waals surface area contributed by atoms with E-state index in [-0.39, 0.29) is 5.82 Å². The highest BCUT2D eigenvalue weighted by Gasteiger charge is 2.04. The molecule has 1 rings (SSSR count). The lowest BCUT2D eigenvalue weighted by molar-refractivity contribution is 0.143. The molecule has 1 aromatic carbocycles. The summed E-state index contributed by atoms with van der Waals surface area (Å²) in [5, 5.41) is 6.58. The molecule has 0 fully saturated rings. The molecule has 0 unspecified atom stereocenters. The fourth-order valence-electron chi connectivity index (χ4n) is 2.22. The number of hydrogen-bond donors (Lipinski definition) is 2. The highest BCUT2D eigenvalue weighted by atomic mass is 32.2. The zero-order valence-electron chi connectivity index (χ0n) is 15.0. The van der Waals surface area contributed by atoms with Gasteiger partial charge in [0.1, 0.15) is 5.82 Å². The van der Waals surface area contributed by atoms with Crippen LogP contribution in [0, 0.1) is 5.82 Å². The molecule has 0 bridgehead atoms. The van der Waals surface area contributed by atoms with Gasteiger partial charge in [0.15, 0.2) is 5.96 Å². The number of unbranched alkanes of at least 4 members (excludes halogenated alkanes) is 1. The van der Waals surface area contributed by atoms with Crippen molar-refractivity contribution in [3.63, 3.8) is 0 Å². The van der Waals surface area contributed by atoms with Crippen LogP contribution in [0.1, 0.15) is 37.8 Å². The number of hydrogen-bond acceptors (Lipinski definition) is 3. The molecule has 0 atom stereocenters. The zero-order valence-corrected chi connectivity index (χ0v) is 15.8. The van der Waals surface area contributed by atoms with E-state index in [1.165, 1.54) is 6.07 Å². The molecule has 2 N–H and O–H groups in total. The van der Waals surface area contributed by atoms with Gasteiger partial charge in [-0.3, -0.25) is 0 Å². The maximum atomic E-state index is 13.4. The average Bonchev–Trinajstić information content (AvgIpc) is 2.57. The highest BCUT2D eigenvalue weighted by Crippen LogP contribution is 2.17. The van der Waals surface area contributed by atoms with Gasteiger partial charge in [-0.05, 0) is 56.2 Å². The van der Waals surface area contributed by atoms with Crippen LogP contribution < -0.4 is 10.6 Å². The van der Waals surface area contributed by atoms with Gasteiger partial charge in [-0.25, -0.2) is 9.38 Å². The Morgan fingerprint density at radius 1 is 1.21 bits per heavy atom. The first-order chi connectivity index (χ1) is 11.7. The predicted octanol–water partition coefficient (Wildman–Crippen LogP) is 3.56. The Balaban J connectivity index is 2.55. The highest BCUT2D eigenvalue weighted by molar-refractivity contribution is 7.97. The average molecular weight is 356 g/mol. The molecule has 0 amide bonds. The molecule has 0 aromatic heterocycles. The number of guanidine groups is 1. The van der Waals surface area contributed by atoms with Gasteiger partial charge in [0.25, 0.3) is 0 Å². The summed E-state index contributed by atoms with van der Waals surface area (Å²) in [5.74, 6) is 1.41. The third kappa shape index (κ3) is 8.55. The van der Waals surface area contributed by atoms with Crippen LogP contribution in [0.3, 0.4) is 0 Å². The number of benzene rings is 1. The summed E-state index contributed by atoms with van der Waals surface area (Å²) in [7, 11) is 0. The van der Waals surface area contributed by atoms with Crippen LogP contribution in [0.25, 0.3) is 0 Å². The van der Waals surface area contributed by atoms with Crippen LogP contribution in [0.15, 0.2) is 23.2 Å². The smallest absolute Gasteiger partial charge is 0.191 e. The van der Waals surface area contributed by atoms with Gasteiger partial charge >= 0.3 is 0 Å². The second-order valence-electron chi connectivity index (χ2n) is 5.37. The number of nitrogens with one attached hydrogen (secondary N) is 2. The molecular weight excluding hydrogens is 325 g/mol. The molecule has 0 spiro atoms. The van der Waals surface area contributed by atoms with E-state index in [2.05, 4.69) is 15.6 Å². The van der Waals surface area contributed by atoms with Crippen molar-refractivity contribution in [1.29, 1.82) is 0 Å². The standard InChI is InChI=1S/C18H30FN3OS/c1-4-20-18(21-10-6-7-11-23-5-2)22-13-15-8-9-17(19)12-16(15)14-24-3/h8-9,12H,4-7,10-11,13-14H2,1-3H3,(H2,20,21,22). The Labute approximate surface area is 149 Å². The fourth-order valence-corrected chi connectivity index (χ4v) is 2.80. The van der Waals surface area contributed by atoms with E-state index < -0.39 is 0 Å². The fraction of sp³-hybridized carbons (Fsp3) is 0.611. The van der Waals surface area contributed by atoms with Crippen LogP contribution in [-0.2, 0) is 17.0 Å². The monoisotopic (exact) mass is 355 g/mol. The van der Waals surface area contributed by atoms with Crippen LogP contribution in [0.5, 0.6) is 0 Å². The molecule has 0 aliphatic rings. The molecular formula is C18H30FN3OS. The first-order valence-corrected chi connectivity index (χ1v) is 9.96. The largest absolute Gasteiger partial charge is 0.382 e. The minimum atomic E-state index is -0.189. The molecule has 136 valence electrons. The van der Waals surface area contributed by atoms with Gasteiger partial charge in [-0.1, -0.05) is 6.07 Å². The summed E-state index contributed by atoms with van der Waals surface area (Å²) in [6.07, 6.45) is 4.10. The lowest BCUT2D eigenvalue weighted by Gasteiger charge is -2.12. The summed E-state index contributed by atoms with van der Waals surface area (Å²) in [6, 6.07) is 4.94. The molecule has 6 heteroatoms. The molecule has 24 heavy (non-hydrogen) atoms. The molecule has 1 aromatic rings. The SMILES string of the molecule is CCNC(=NCc1ccc(F)cc1CSC)NCCCCOCC. The Kier molecular flexibility index (Phi) is 11.3. The van der Waals surface area contributed by atoms with Gasteiger partial charge < -0.3 is 15.4 Å². The third-order valence-electron chi connectivity index (χ3n) is 3.43. The molecule has 0 saturated carbocycles. The Hall–Kier alpha value is -1.27. The van der Waals surface area contributed by atoms with E-state index in [4.69, 9.17) is 4.74 Å². The normalized spacial score (nSPS) is 11.6. The van der Waals surface area contributed by atoms with E-state index in [0.717, 1.165) is 62.0 Å². The number of aliphatic imine (C=N–C) groups is 1. The zero-order chi connectivity index (χ0) is 17.6. The molecule has 0 radical (unpaired) electrons. The van der Waals surface area contributed by atoms with Crippen molar-refractivity contribution < 1.29 is 9.13 Å². The van der Waals surface area contributed by atoms with Gasteiger partial charge in [0, 0.05) is 32.1 Å². The second kappa shape index (κ2) is 13.1. The maximum absolute atomic E-state index is 13.4. The Bertz CT molecular complexity index is 497. The van der Waals surface area contributed by atoms with Gasteiger partial charge in [0.05, 0.1) is 6.54 Å². The summed E-state index contributed by atoms with van der Waals surface area (Å²) in [4.78, 5) is 4.62. The van der Waals surface area contributed by atoms with Crippen molar-refractivity contribution >= 4 is 17.7 Å². The molecule has 0 aliphatic carbocycles. The lowest BCUT2D eigenvalue weighted by Crippen LogP contribution is -2.37. The van der Waals surface area contributed by atoms with Gasteiger partial charge in [-0.2, -0.15) is 11.8 Å². The number of rotatable bonds is 11. The second-order valence-corrected chi connectivity index (χ2v) is 6.24. The molecule has 0 heterocycles. The van der Waals surface area contributed by atoms with Crippen LogP contribution in [0.4, 0.5) is 4.39 Å². The van der Waals surface area contributed by atoms with E-state index in [0.29, 0.717) is 6.54 Å². The Morgan fingerprint density at radius 3 is 2.75 bits per heavy atom. The van der Waals surface area contributed by atoms with Crippen molar-refractivity contribution in [2.24, 2.45) is 4.99 Å². The van der Waals surface area contributed by atoms with Crippen molar-refractivity contribution in [1.82, 2.24) is 10.6 Å². The molecule has 0 aliphatic heterocycles. The van der Waals surface area contributed by atoms with Crippen LogP contribution in [-0.4, -0.2) is 38.5 Å². The first-order valence-electron chi connectivity index (χ1n) is 8.57. The summed E-state index contributed by atoms with van der Waals surface area (Å²) in [5.41, 5.74) is 2.08. The first kappa shape index (κ1) is 20.8. The van der Waals surface area contributed by atoms with Crippen molar-refractivity contribution in [2.75, 3.05) is 32.6 Å². The molecule has 0 saturated heterocycles. The van der Waals surface area contributed by atoms with Crippen molar-refractivity contribution in [2.45, 2.75) is 39.0 Å². The number of halogens is 1. The van der Waals surface area contributed by atoms with Crippen molar-refractivity contribution in [3.8, 4) is 0 Å². The number of nitrogens with zero attached hydrogens (tertiary/aromatic N) is 1. The van der Waals surface area contributed by atoms with E-state index in [1.54, 1.807) is 17.8 Å². The topological polar surface area (TPSA) is 45.7 Å². The van der Waals surface area contributed by atoms with Crippen LogP contribution in [0.2, 0.25) is 0 Å². The summed E-state index contributed by atoms with van der Waals surface area (Å²) < 4.78 is 18.7. The van der Waals surface area contributed by atoms with E-state index >= 15 is 0 Å². The van der Waals surface area contributed by atoms with E-state index in [1.807, 2.05) is 26.2 Å². The lowest BCUT2D eigenvalue weighted by atomic mass is 10.1. The quantitative estimate of drug-likeness (QED) is 0.362. The predicted molar refractivity (Wildman–Crippen MR) is 102 cm³/mol. The third-order valence-corrected chi connectivity index (χ3v) is 4.03. The summed E-state index contributed by atoms with van der Waals surface area (Å²) in [6.45, 7) is 7.85. The minimum Gasteiger partial charge on any atom is -0.382 e. The van der Waals surface area contributed by atoms with Crippen molar-refractivity contribution in [3.05, 3.63) is 35.1 Å². The molecule has 4 nitrogen and oxygen atoms in total. The number of ether oxygens (including phenoxy) is 1. The number of thioether (sulfide) groups is 1. The summed E-state index contributed by atoms with van der Waals surface area (Å²) >= 11 is 1.69.